The molecule has 2 aromatic rings. The van der Waals surface area contributed by atoms with Crippen LogP contribution >= 0.6 is 11.6 Å². The molecule has 1 aliphatic rings. The van der Waals surface area contributed by atoms with Gasteiger partial charge in [0.25, 0.3) is 11.6 Å². The summed E-state index contributed by atoms with van der Waals surface area (Å²) >= 11 is 5.92. The minimum atomic E-state index is -0.513. The second-order valence-corrected chi connectivity index (χ2v) is 6.32. The fraction of sp³-hybridized carbons (Fsp3) is 0.278. The summed E-state index contributed by atoms with van der Waals surface area (Å²) in [4.78, 5) is 25.3. The molecule has 7 heteroatoms. The van der Waals surface area contributed by atoms with Crippen molar-refractivity contribution < 1.29 is 9.72 Å². The molecule has 25 heavy (non-hydrogen) atoms. The summed E-state index contributed by atoms with van der Waals surface area (Å²) in [5.74, 6) is -0.0783. The lowest BCUT2D eigenvalue weighted by atomic mass is 10.0. The highest BCUT2D eigenvalue weighted by molar-refractivity contribution is 6.32. The van der Waals surface area contributed by atoms with Crippen LogP contribution in [0.5, 0.6) is 0 Å². The van der Waals surface area contributed by atoms with E-state index >= 15 is 0 Å². The minimum absolute atomic E-state index is 0.0783. The fourth-order valence-electron chi connectivity index (χ4n) is 2.95. The van der Waals surface area contributed by atoms with Crippen molar-refractivity contribution in [2.75, 3.05) is 11.9 Å². The number of anilines is 1. The van der Waals surface area contributed by atoms with Gasteiger partial charge in [0.2, 0.25) is 0 Å². The lowest BCUT2D eigenvalue weighted by molar-refractivity contribution is -0.384. The van der Waals surface area contributed by atoms with Gasteiger partial charge in [-0.2, -0.15) is 0 Å². The van der Waals surface area contributed by atoms with Crippen molar-refractivity contribution in [3.8, 4) is 0 Å². The van der Waals surface area contributed by atoms with E-state index in [1.807, 2.05) is 18.2 Å². The maximum Gasteiger partial charge on any atom is 0.288 e. The number of carbonyl (C=O) groups is 1. The third-order valence-electron chi connectivity index (χ3n) is 4.26. The van der Waals surface area contributed by atoms with Gasteiger partial charge in [-0.3, -0.25) is 14.9 Å². The molecular formula is C18H18ClN3O3. The van der Waals surface area contributed by atoms with Crippen molar-refractivity contribution in [2.45, 2.75) is 25.9 Å². The fourth-order valence-corrected chi connectivity index (χ4v) is 3.14. The molecule has 0 spiro atoms. The topological polar surface area (TPSA) is 75.5 Å². The Labute approximate surface area is 150 Å². The van der Waals surface area contributed by atoms with Gasteiger partial charge in [-0.15, -0.1) is 0 Å². The van der Waals surface area contributed by atoms with Gasteiger partial charge < -0.3 is 10.2 Å². The van der Waals surface area contributed by atoms with Crippen LogP contribution in [-0.2, 0) is 0 Å². The first-order valence-corrected chi connectivity index (χ1v) is 8.51. The third kappa shape index (κ3) is 3.30. The largest absolute Gasteiger partial charge is 0.361 e. The van der Waals surface area contributed by atoms with E-state index in [1.54, 1.807) is 17.0 Å². The van der Waals surface area contributed by atoms with Gasteiger partial charge in [0.05, 0.1) is 10.5 Å². The molecule has 0 bridgehead atoms. The number of halogens is 1. The van der Waals surface area contributed by atoms with Crippen LogP contribution in [-0.4, -0.2) is 22.3 Å². The number of carbonyl (C=O) groups excluding carboxylic acids is 1. The molecule has 0 radical (unpaired) electrons. The number of nitrogens with one attached hydrogen (secondary N) is 1. The zero-order chi connectivity index (χ0) is 18.0. The zero-order valence-corrected chi connectivity index (χ0v) is 14.5. The van der Waals surface area contributed by atoms with Crippen LogP contribution in [0.1, 0.15) is 41.9 Å². The van der Waals surface area contributed by atoms with E-state index in [9.17, 15) is 14.9 Å². The zero-order valence-electron chi connectivity index (χ0n) is 13.7. The molecule has 2 aromatic carbocycles. The molecule has 1 unspecified atom stereocenters. The molecule has 3 rings (SSSR count). The number of rotatable bonds is 5. The van der Waals surface area contributed by atoms with Gasteiger partial charge in [-0.05, 0) is 24.6 Å². The Balaban J connectivity index is 2.05. The highest BCUT2D eigenvalue weighted by atomic mass is 35.5. The lowest BCUT2D eigenvalue weighted by Crippen LogP contribution is -2.43. The molecule has 1 heterocycles. The number of nitro benzene ring substituents is 1. The Morgan fingerprint density at radius 1 is 1.28 bits per heavy atom. The van der Waals surface area contributed by atoms with Crippen LogP contribution in [0.15, 0.2) is 42.5 Å². The van der Waals surface area contributed by atoms with Crippen molar-refractivity contribution in [2.24, 2.45) is 0 Å². The van der Waals surface area contributed by atoms with Crippen LogP contribution in [0.4, 0.5) is 11.4 Å². The van der Waals surface area contributed by atoms with Crippen LogP contribution < -0.4 is 5.32 Å². The molecular weight excluding hydrogens is 342 g/mol. The molecule has 0 fully saturated rings. The summed E-state index contributed by atoms with van der Waals surface area (Å²) < 4.78 is 0. The van der Waals surface area contributed by atoms with Crippen LogP contribution in [0.3, 0.4) is 0 Å². The predicted molar refractivity (Wildman–Crippen MR) is 96.9 cm³/mol. The standard InChI is InChI=1S/C18H18ClN3O3/c1-2-3-10-21-17(12-8-9-14(19)16(11-12)22(24)25)20-15-7-5-4-6-13(15)18(21)23/h4-9,11,17,20H,2-3,10H2,1H3. The number of fused-ring (bicyclic) bond motifs is 1. The summed E-state index contributed by atoms with van der Waals surface area (Å²) in [6.07, 6.45) is 1.32. The number of nitro groups is 1. The molecule has 0 saturated carbocycles. The maximum absolute atomic E-state index is 12.9. The minimum Gasteiger partial charge on any atom is -0.361 e. The van der Waals surface area contributed by atoms with Gasteiger partial charge in [0.15, 0.2) is 0 Å². The van der Waals surface area contributed by atoms with Crippen molar-refractivity contribution in [3.63, 3.8) is 0 Å². The van der Waals surface area contributed by atoms with Crippen molar-refractivity contribution >= 4 is 28.9 Å². The summed E-state index contributed by atoms with van der Waals surface area (Å²) in [5.41, 5.74) is 1.80. The Bertz CT molecular complexity index is 825. The van der Waals surface area contributed by atoms with E-state index in [2.05, 4.69) is 12.2 Å². The molecule has 6 nitrogen and oxygen atoms in total. The van der Waals surface area contributed by atoms with Crippen LogP contribution in [0.2, 0.25) is 5.02 Å². The number of nitrogens with zero attached hydrogens (tertiary/aromatic N) is 2. The maximum atomic E-state index is 12.9. The van der Waals surface area contributed by atoms with E-state index in [0.717, 1.165) is 18.5 Å². The number of hydrogen-bond acceptors (Lipinski definition) is 4. The van der Waals surface area contributed by atoms with Crippen molar-refractivity contribution in [1.29, 1.82) is 0 Å². The molecule has 1 aliphatic heterocycles. The van der Waals surface area contributed by atoms with Crippen LogP contribution in [0, 0.1) is 10.1 Å². The Hall–Kier alpha value is -2.60. The van der Waals surface area contributed by atoms with Crippen molar-refractivity contribution in [1.82, 2.24) is 4.90 Å². The first-order chi connectivity index (χ1) is 12.0. The highest BCUT2D eigenvalue weighted by Gasteiger charge is 2.33. The average Bonchev–Trinajstić information content (AvgIpc) is 2.61. The van der Waals surface area contributed by atoms with E-state index in [4.69, 9.17) is 11.6 Å². The summed E-state index contributed by atoms with van der Waals surface area (Å²) in [5, 5.41) is 14.6. The second-order valence-electron chi connectivity index (χ2n) is 5.91. The Kier molecular flexibility index (Phi) is 4.90. The molecule has 130 valence electrons. The number of benzene rings is 2. The number of para-hydroxylation sites is 1. The normalized spacial score (nSPS) is 16.3. The third-order valence-corrected chi connectivity index (χ3v) is 4.58. The molecule has 0 saturated heterocycles. The van der Waals surface area contributed by atoms with Gasteiger partial charge in [0.1, 0.15) is 11.2 Å². The summed E-state index contributed by atoms with van der Waals surface area (Å²) in [6, 6.07) is 11.9. The molecule has 1 N–H and O–H groups in total. The average molecular weight is 360 g/mol. The van der Waals surface area contributed by atoms with Crippen molar-refractivity contribution in [3.05, 3.63) is 68.7 Å². The number of amides is 1. The van der Waals surface area contributed by atoms with Gasteiger partial charge in [-0.1, -0.05) is 43.1 Å². The first-order valence-electron chi connectivity index (χ1n) is 8.13. The van der Waals surface area contributed by atoms with Gasteiger partial charge >= 0.3 is 0 Å². The second kappa shape index (κ2) is 7.11. The SMILES string of the molecule is CCCCN1C(=O)c2ccccc2NC1c1ccc(Cl)c([N+](=O)[O-])c1. The van der Waals surface area contributed by atoms with Crippen LogP contribution in [0.25, 0.3) is 0 Å². The molecule has 1 amide bonds. The predicted octanol–water partition coefficient (Wildman–Crippen LogP) is 4.61. The Morgan fingerprint density at radius 3 is 2.76 bits per heavy atom. The number of unbranched alkanes of at least 4 members (excludes halogenated alkanes) is 1. The lowest BCUT2D eigenvalue weighted by Gasteiger charge is -2.38. The highest BCUT2D eigenvalue weighted by Crippen LogP contribution is 2.36. The van der Waals surface area contributed by atoms with E-state index < -0.39 is 11.1 Å². The first kappa shape index (κ1) is 17.2. The van der Waals surface area contributed by atoms with Gasteiger partial charge in [0, 0.05) is 23.9 Å². The molecule has 0 aromatic heterocycles. The van der Waals surface area contributed by atoms with E-state index in [0.29, 0.717) is 17.7 Å². The Morgan fingerprint density at radius 2 is 2.04 bits per heavy atom. The molecule has 0 aliphatic carbocycles. The monoisotopic (exact) mass is 359 g/mol. The molecule has 1 atom stereocenters. The quantitative estimate of drug-likeness (QED) is 0.624. The number of hydrogen-bond donors (Lipinski definition) is 1. The summed E-state index contributed by atoms with van der Waals surface area (Å²) in [6.45, 7) is 2.62. The van der Waals surface area contributed by atoms with E-state index in [-0.39, 0.29) is 16.6 Å². The summed E-state index contributed by atoms with van der Waals surface area (Å²) in [7, 11) is 0. The van der Waals surface area contributed by atoms with Gasteiger partial charge in [-0.25, -0.2) is 0 Å². The smallest absolute Gasteiger partial charge is 0.288 e. The van der Waals surface area contributed by atoms with E-state index in [1.165, 1.54) is 12.1 Å².